The van der Waals surface area contributed by atoms with E-state index in [1.54, 1.807) is 0 Å². The molecule has 3 heterocycles. The van der Waals surface area contributed by atoms with E-state index in [1.807, 2.05) is 37.3 Å². The molecule has 0 saturated carbocycles. The van der Waals surface area contributed by atoms with Crippen LogP contribution in [0.2, 0.25) is 0 Å². The number of amides is 1. The zero-order valence-corrected chi connectivity index (χ0v) is 18.4. The van der Waals surface area contributed by atoms with Gasteiger partial charge in [-0.3, -0.25) is 4.79 Å². The number of H-pyrrole nitrogens is 1. The highest BCUT2D eigenvalue weighted by Crippen LogP contribution is 2.16. The second-order valence-corrected chi connectivity index (χ2v) is 8.11. The van der Waals surface area contributed by atoms with Crippen LogP contribution >= 0.6 is 0 Å². The monoisotopic (exact) mass is 438 g/mol. The maximum atomic E-state index is 12.9. The zero-order valence-electron chi connectivity index (χ0n) is 18.4. The maximum Gasteiger partial charge on any atom is 0.329 e. The van der Waals surface area contributed by atoms with Gasteiger partial charge in [0.15, 0.2) is 0 Å². The first kappa shape index (κ1) is 22.0. The molecular formula is C23H30N6O3. The van der Waals surface area contributed by atoms with E-state index >= 15 is 0 Å². The van der Waals surface area contributed by atoms with Gasteiger partial charge >= 0.3 is 5.97 Å². The first-order valence-corrected chi connectivity index (χ1v) is 11.3. The van der Waals surface area contributed by atoms with E-state index in [4.69, 9.17) is 4.74 Å². The average Bonchev–Trinajstić information content (AvgIpc) is 3.46. The van der Waals surface area contributed by atoms with Gasteiger partial charge in [0.2, 0.25) is 0 Å². The molecule has 2 aliphatic rings. The number of benzene rings is 1. The van der Waals surface area contributed by atoms with Crippen molar-refractivity contribution >= 4 is 34.3 Å². The summed E-state index contributed by atoms with van der Waals surface area (Å²) in [5, 5.41) is 15.5. The predicted molar refractivity (Wildman–Crippen MR) is 124 cm³/mol. The Kier molecular flexibility index (Phi) is 7.16. The Morgan fingerprint density at radius 1 is 1.22 bits per heavy atom. The Morgan fingerprint density at radius 2 is 2.03 bits per heavy atom. The third-order valence-electron chi connectivity index (χ3n) is 5.70. The number of hydrogen-bond acceptors (Lipinski definition) is 7. The molecule has 9 heteroatoms. The Morgan fingerprint density at radius 3 is 2.81 bits per heavy atom. The van der Waals surface area contributed by atoms with Crippen molar-refractivity contribution in [1.29, 1.82) is 0 Å². The summed E-state index contributed by atoms with van der Waals surface area (Å²) in [7, 11) is 0. The summed E-state index contributed by atoms with van der Waals surface area (Å²) in [6, 6.07) is 9.09. The topological polar surface area (TPSA) is 111 Å². The SMILES string of the molecule is CCCCOC(=O)C(Cc1cc2ccccc2[nH]1)NC(=O)C1=NN=C(N2CCNCC2)C1. The van der Waals surface area contributed by atoms with Gasteiger partial charge in [0.05, 0.1) is 13.0 Å². The third-order valence-corrected chi connectivity index (χ3v) is 5.70. The number of amidine groups is 1. The second kappa shape index (κ2) is 10.4. The van der Waals surface area contributed by atoms with Crippen LogP contribution in [0.25, 0.3) is 10.9 Å². The molecule has 0 aliphatic carbocycles. The summed E-state index contributed by atoms with van der Waals surface area (Å²) in [6.07, 6.45) is 2.39. The molecule has 0 radical (unpaired) electrons. The molecule has 1 amide bonds. The standard InChI is InChI=1S/C23H30N6O3/c1-2-3-12-32-23(31)20(14-17-13-16-6-4-5-7-18(16)25-17)26-22(30)19-15-21(28-27-19)29-10-8-24-9-11-29/h4-7,13,20,24-25H,2-3,8-12,14-15H2,1H3,(H,26,30). The molecule has 1 atom stereocenters. The molecule has 1 aromatic carbocycles. The molecule has 2 aliphatic heterocycles. The van der Waals surface area contributed by atoms with Crippen molar-refractivity contribution < 1.29 is 14.3 Å². The van der Waals surface area contributed by atoms with Crippen LogP contribution in [0.1, 0.15) is 31.9 Å². The van der Waals surface area contributed by atoms with Gasteiger partial charge in [-0.05, 0) is 23.9 Å². The Balaban J connectivity index is 1.41. The molecule has 1 unspecified atom stereocenters. The summed E-state index contributed by atoms with van der Waals surface area (Å²) in [4.78, 5) is 31.1. The van der Waals surface area contributed by atoms with Crippen molar-refractivity contribution in [2.24, 2.45) is 10.2 Å². The summed E-state index contributed by atoms with van der Waals surface area (Å²) in [5.74, 6) is -0.0194. The molecule has 32 heavy (non-hydrogen) atoms. The van der Waals surface area contributed by atoms with E-state index in [-0.39, 0.29) is 5.91 Å². The quantitative estimate of drug-likeness (QED) is 0.428. The fraction of sp³-hybridized carbons (Fsp3) is 0.478. The lowest BCUT2D eigenvalue weighted by molar-refractivity contribution is -0.147. The number of aromatic nitrogens is 1. The van der Waals surface area contributed by atoms with Crippen LogP contribution in [0.5, 0.6) is 0 Å². The number of aromatic amines is 1. The largest absolute Gasteiger partial charge is 0.464 e. The van der Waals surface area contributed by atoms with E-state index in [0.29, 0.717) is 25.2 Å². The number of nitrogens with zero attached hydrogens (tertiary/aromatic N) is 3. The van der Waals surface area contributed by atoms with E-state index in [2.05, 4.69) is 30.7 Å². The molecule has 1 saturated heterocycles. The van der Waals surface area contributed by atoms with Gasteiger partial charge in [0, 0.05) is 43.8 Å². The van der Waals surface area contributed by atoms with Gasteiger partial charge in [0.25, 0.3) is 5.91 Å². The fourth-order valence-corrected chi connectivity index (χ4v) is 3.88. The number of piperazine rings is 1. The summed E-state index contributed by atoms with van der Waals surface area (Å²) in [6.45, 7) is 5.83. The summed E-state index contributed by atoms with van der Waals surface area (Å²) >= 11 is 0. The number of esters is 1. The Labute approximate surface area is 187 Å². The molecular weight excluding hydrogens is 408 g/mol. The van der Waals surface area contributed by atoms with Crippen LogP contribution in [-0.4, -0.2) is 72.1 Å². The number of carbonyl (C=O) groups is 2. The number of carbonyl (C=O) groups excluding carboxylic acids is 2. The Bertz CT molecular complexity index is 989. The molecule has 9 nitrogen and oxygen atoms in total. The normalized spacial score (nSPS) is 17.1. The molecule has 3 N–H and O–H groups in total. The van der Waals surface area contributed by atoms with E-state index in [9.17, 15) is 9.59 Å². The van der Waals surface area contributed by atoms with Crippen LogP contribution in [0.4, 0.5) is 0 Å². The molecule has 4 rings (SSSR count). The Hall–Kier alpha value is -3.20. The van der Waals surface area contributed by atoms with Crippen molar-refractivity contribution in [2.45, 2.75) is 38.6 Å². The molecule has 0 spiro atoms. The predicted octanol–water partition coefficient (Wildman–Crippen LogP) is 1.60. The van der Waals surface area contributed by atoms with E-state index in [1.165, 1.54) is 0 Å². The number of hydrogen-bond donors (Lipinski definition) is 3. The number of nitrogens with one attached hydrogen (secondary N) is 3. The first-order valence-electron chi connectivity index (χ1n) is 11.3. The molecule has 2 aromatic rings. The van der Waals surface area contributed by atoms with Crippen molar-refractivity contribution in [1.82, 2.24) is 20.5 Å². The number of rotatable bonds is 8. The van der Waals surface area contributed by atoms with Gasteiger partial charge in [-0.2, -0.15) is 0 Å². The fourth-order valence-electron chi connectivity index (χ4n) is 3.88. The smallest absolute Gasteiger partial charge is 0.329 e. The van der Waals surface area contributed by atoms with E-state index in [0.717, 1.165) is 61.5 Å². The van der Waals surface area contributed by atoms with Crippen LogP contribution in [0.15, 0.2) is 40.5 Å². The van der Waals surface area contributed by atoms with Crippen LogP contribution in [-0.2, 0) is 20.7 Å². The summed E-state index contributed by atoms with van der Waals surface area (Å²) in [5.41, 5.74) is 2.16. The second-order valence-electron chi connectivity index (χ2n) is 8.11. The lowest BCUT2D eigenvalue weighted by Gasteiger charge is -2.28. The van der Waals surface area contributed by atoms with Gasteiger partial charge < -0.3 is 25.3 Å². The minimum absolute atomic E-state index is 0.310. The highest BCUT2D eigenvalue weighted by molar-refractivity contribution is 6.43. The van der Waals surface area contributed by atoms with Gasteiger partial charge in [-0.25, -0.2) is 4.79 Å². The number of fused-ring (bicyclic) bond motifs is 1. The van der Waals surface area contributed by atoms with Gasteiger partial charge in [0.1, 0.15) is 17.6 Å². The minimum atomic E-state index is -0.807. The molecule has 170 valence electrons. The van der Waals surface area contributed by atoms with Gasteiger partial charge in [-0.15, -0.1) is 10.2 Å². The van der Waals surface area contributed by atoms with Crippen LogP contribution < -0.4 is 10.6 Å². The zero-order chi connectivity index (χ0) is 22.3. The first-order chi connectivity index (χ1) is 15.6. The summed E-state index contributed by atoms with van der Waals surface area (Å²) < 4.78 is 5.42. The van der Waals surface area contributed by atoms with Crippen LogP contribution in [0, 0.1) is 0 Å². The van der Waals surface area contributed by atoms with E-state index < -0.39 is 12.0 Å². The minimum Gasteiger partial charge on any atom is -0.464 e. The lowest BCUT2D eigenvalue weighted by Crippen LogP contribution is -2.48. The highest BCUT2D eigenvalue weighted by Gasteiger charge is 2.29. The lowest BCUT2D eigenvalue weighted by atomic mass is 10.1. The molecule has 0 bridgehead atoms. The van der Waals surface area contributed by atoms with Crippen molar-refractivity contribution in [2.75, 3.05) is 32.8 Å². The van der Waals surface area contributed by atoms with Crippen molar-refractivity contribution in [3.05, 3.63) is 36.0 Å². The highest BCUT2D eigenvalue weighted by atomic mass is 16.5. The van der Waals surface area contributed by atoms with Crippen LogP contribution in [0.3, 0.4) is 0 Å². The number of ether oxygens (including phenoxy) is 1. The molecule has 1 aromatic heterocycles. The number of unbranched alkanes of at least 4 members (excludes halogenated alkanes) is 1. The molecule has 1 fully saturated rings. The van der Waals surface area contributed by atoms with Gasteiger partial charge in [-0.1, -0.05) is 31.5 Å². The van der Waals surface area contributed by atoms with Crippen molar-refractivity contribution in [3.8, 4) is 0 Å². The number of para-hydroxylation sites is 1. The van der Waals surface area contributed by atoms with Crippen molar-refractivity contribution in [3.63, 3.8) is 0 Å². The third kappa shape index (κ3) is 5.34. The maximum absolute atomic E-state index is 12.9. The average molecular weight is 439 g/mol.